The lowest BCUT2D eigenvalue weighted by molar-refractivity contribution is -0.115. The number of aromatic nitrogens is 1. The van der Waals surface area contributed by atoms with Crippen molar-refractivity contribution in [2.75, 3.05) is 17.7 Å². The van der Waals surface area contributed by atoms with Crippen LogP contribution in [0.15, 0.2) is 47.4 Å². The van der Waals surface area contributed by atoms with E-state index in [4.69, 9.17) is 16.3 Å². The second-order valence-corrected chi connectivity index (χ2v) is 7.79. The van der Waals surface area contributed by atoms with Gasteiger partial charge in [-0.3, -0.25) is 4.79 Å². The lowest BCUT2D eigenvalue weighted by atomic mass is 10.3. The summed E-state index contributed by atoms with van der Waals surface area (Å²) in [5.74, 6) is 1.40. The number of hydrogen-bond acceptors (Lipinski definition) is 5. The van der Waals surface area contributed by atoms with E-state index in [2.05, 4.69) is 10.3 Å². The molecule has 0 aliphatic heterocycles. The van der Waals surface area contributed by atoms with Crippen LogP contribution in [0.4, 0.5) is 5.13 Å². The SMILES string of the molecule is CCOc1cccc2sc(NC(=O)CCSc3ccc(Cl)cc3)nc12. The Morgan fingerprint density at radius 1 is 1.28 bits per heavy atom. The van der Waals surface area contributed by atoms with Crippen LogP contribution in [0.25, 0.3) is 10.2 Å². The lowest BCUT2D eigenvalue weighted by Crippen LogP contribution is -2.11. The first-order chi connectivity index (χ1) is 12.2. The third kappa shape index (κ3) is 4.87. The molecule has 1 N–H and O–H groups in total. The van der Waals surface area contributed by atoms with Gasteiger partial charge in [-0.15, -0.1) is 11.8 Å². The average Bonchev–Trinajstić information content (AvgIpc) is 3.00. The van der Waals surface area contributed by atoms with Crippen LogP contribution >= 0.6 is 34.7 Å². The van der Waals surface area contributed by atoms with Gasteiger partial charge in [0.15, 0.2) is 5.13 Å². The topological polar surface area (TPSA) is 51.2 Å². The van der Waals surface area contributed by atoms with E-state index in [-0.39, 0.29) is 5.91 Å². The van der Waals surface area contributed by atoms with Gasteiger partial charge < -0.3 is 10.1 Å². The summed E-state index contributed by atoms with van der Waals surface area (Å²) in [6.07, 6.45) is 0.418. The normalized spacial score (nSPS) is 10.8. The number of thiazole rings is 1. The molecule has 7 heteroatoms. The summed E-state index contributed by atoms with van der Waals surface area (Å²) in [5.41, 5.74) is 0.792. The van der Waals surface area contributed by atoms with E-state index in [1.165, 1.54) is 11.3 Å². The van der Waals surface area contributed by atoms with Crippen molar-refractivity contribution in [2.45, 2.75) is 18.2 Å². The van der Waals surface area contributed by atoms with Gasteiger partial charge in [-0.05, 0) is 43.3 Å². The third-order valence-corrected chi connectivity index (χ3v) is 5.54. The second kappa shape index (κ2) is 8.56. The van der Waals surface area contributed by atoms with Crippen LogP contribution in [0.2, 0.25) is 5.02 Å². The number of halogens is 1. The highest BCUT2D eigenvalue weighted by Gasteiger charge is 2.11. The number of fused-ring (bicyclic) bond motifs is 1. The quantitative estimate of drug-likeness (QED) is 0.541. The Morgan fingerprint density at radius 2 is 2.08 bits per heavy atom. The maximum Gasteiger partial charge on any atom is 0.226 e. The Kier molecular flexibility index (Phi) is 6.18. The zero-order chi connectivity index (χ0) is 17.6. The molecule has 0 aliphatic carbocycles. The molecule has 0 bridgehead atoms. The van der Waals surface area contributed by atoms with Crippen LogP contribution < -0.4 is 10.1 Å². The number of carbonyl (C=O) groups excluding carboxylic acids is 1. The number of hydrogen-bond donors (Lipinski definition) is 1. The third-order valence-electron chi connectivity index (χ3n) is 3.34. The van der Waals surface area contributed by atoms with Crippen molar-refractivity contribution in [3.63, 3.8) is 0 Å². The Balaban J connectivity index is 1.56. The van der Waals surface area contributed by atoms with E-state index < -0.39 is 0 Å². The molecule has 0 radical (unpaired) electrons. The first kappa shape index (κ1) is 18.0. The molecule has 3 aromatic rings. The molecule has 3 rings (SSSR count). The zero-order valence-electron chi connectivity index (χ0n) is 13.6. The Morgan fingerprint density at radius 3 is 2.84 bits per heavy atom. The number of nitrogens with one attached hydrogen (secondary N) is 1. The fourth-order valence-corrected chi connectivity index (χ4v) is 4.10. The van der Waals surface area contributed by atoms with Gasteiger partial charge in [-0.2, -0.15) is 0 Å². The maximum absolute atomic E-state index is 12.1. The van der Waals surface area contributed by atoms with Crippen LogP contribution in [0.3, 0.4) is 0 Å². The van der Waals surface area contributed by atoms with E-state index in [0.717, 1.165) is 20.9 Å². The van der Waals surface area contributed by atoms with Crippen molar-refractivity contribution in [3.8, 4) is 5.75 Å². The number of rotatable bonds is 7. The van der Waals surface area contributed by atoms with E-state index in [9.17, 15) is 4.79 Å². The minimum atomic E-state index is -0.0431. The van der Waals surface area contributed by atoms with Crippen molar-refractivity contribution in [2.24, 2.45) is 0 Å². The molecule has 1 heterocycles. The number of anilines is 1. The highest BCUT2D eigenvalue weighted by Crippen LogP contribution is 2.32. The summed E-state index contributed by atoms with van der Waals surface area (Å²) < 4.78 is 6.58. The number of para-hydroxylation sites is 1. The van der Waals surface area contributed by atoms with Gasteiger partial charge in [0.2, 0.25) is 5.91 Å². The molecule has 130 valence electrons. The molecule has 0 saturated carbocycles. The number of carbonyl (C=O) groups is 1. The summed E-state index contributed by atoms with van der Waals surface area (Å²) >= 11 is 8.94. The molecule has 0 atom stereocenters. The fraction of sp³-hybridized carbons (Fsp3) is 0.222. The second-order valence-electron chi connectivity index (χ2n) is 5.16. The fourth-order valence-electron chi connectivity index (χ4n) is 2.22. The molecule has 0 spiro atoms. The van der Waals surface area contributed by atoms with Gasteiger partial charge in [-0.25, -0.2) is 4.98 Å². The van der Waals surface area contributed by atoms with Crippen molar-refractivity contribution in [1.29, 1.82) is 0 Å². The van der Waals surface area contributed by atoms with Crippen LogP contribution in [0.5, 0.6) is 5.75 Å². The molecule has 25 heavy (non-hydrogen) atoms. The van der Waals surface area contributed by atoms with Crippen LogP contribution in [-0.4, -0.2) is 23.3 Å². The number of benzene rings is 2. The van der Waals surface area contributed by atoms with E-state index in [1.807, 2.05) is 49.4 Å². The number of ether oxygens (including phenoxy) is 1. The highest BCUT2D eigenvalue weighted by atomic mass is 35.5. The van der Waals surface area contributed by atoms with Gasteiger partial charge in [0.1, 0.15) is 11.3 Å². The van der Waals surface area contributed by atoms with Crippen LogP contribution in [0, 0.1) is 0 Å². The van der Waals surface area contributed by atoms with Crippen molar-refractivity contribution >= 4 is 56.0 Å². The Bertz CT molecular complexity index is 865. The van der Waals surface area contributed by atoms with Gasteiger partial charge in [0.25, 0.3) is 0 Å². The van der Waals surface area contributed by atoms with Gasteiger partial charge >= 0.3 is 0 Å². The van der Waals surface area contributed by atoms with Gasteiger partial charge in [-0.1, -0.05) is 29.0 Å². The van der Waals surface area contributed by atoms with Crippen LogP contribution in [0.1, 0.15) is 13.3 Å². The summed E-state index contributed by atoms with van der Waals surface area (Å²) in [6, 6.07) is 13.4. The van der Waals surface area contributed by atoms with Gasteiger partial charge in [0, 0.05) is 22.1 Å². The molecule has 0 unspecified atom stereocenters. The Hall–Kier alpha value is -1.76. The molecule has 1 aromatic heterocycles. The first-order valence-corrected chi connectivity index (χ1v) is 10.0. The minimum absolute atomic E-state index is 0.0431. The predicted octanol–water partition coefficient (Wildman–Crippen LogP) is 5.47. The molecule has 2 aromatic carbocycles. The van der Waals surface area contributed by atoms with E-state index in [0.29, 0.717) is 28.9 Å². The molecule has 0 aliphatic rings. The van der Waals surface area contributed by atoms with Crippen LogP contribution in [-0.2, 0) is 4.79 Å². The summed E-state index contributed by atoms with van der Waals surface area (Å²) in [5, 5.41) is 4.19. The summed E-state index contributed by atoms with van der Waals surface area (Å²) in [4.78, 5) is 17.7. The summed E-state index contributed by atoms with van der Waals surface area (Å²) in [7, 11) is 0. The number of amides is 1. The number of nitrogens with zero attached hydrogens (tertiary/aromatic N) is 1. The minimum Gasteiger partial charge on any atom is -0.492 e. The summed E-state index contributed by atoms with van der Waals surface area (Å²) in [6.45, 7) is 2.52. The monoisotopic (exact) mass is 392 g/mol. The first-order valence-electron chi connectivity index (χ1n) is 7.86. The average molecular weight is 393 g/mol. The van der Waals surface area contributed by atoms with E-state index >= 15 is 0 Å². The molecule has 0 saturated heterocycles. The highest BCUT2D eigenvalue weighted by molar-refractivity contribution is 7.99. The predicted molar refractivity (Wildman–Crippen MR) is 106 cm³/mol. The van der Waals surface area contributed by atoms with Crippen molar-refractivity contribution in [1.82, 2.24) is 4.98 Å². The molecular formula is C18H17ClN2O2S2. The Labute approximate surface area is 159 Å². The molecule has 0 fully saturated rings. The van der Waals surface area contributed by atoms with Crippen molar-refractivity contribution < 1.29 is 9.53 Å². The number of thioether (sulfide) groups is 1. The smallest absolute Gasteiger partial charge is 0.226 e. The standard InChI is InChI=1S/C18H17ClN2O2S2/c1-2-23-14-4-3-5-15-17(14)21-18(25-15)20-16(22)10-11-24-13-8-6-12(19)7-9-13/h3-9H,2,10-11H2,1H3,(H,20,21,22). The molecular weight excluding hydrogens is 376 g/mol. The van der Waals surface area contributed by atoms with E-state index in [1.54, 1.807) is 11.8 Å². The lowest BCUT2D eigenvalue weighted by Gasteiger charge is -2.03. The van der Waals surface area contributed by atoms with Gasteiger partial charge in [0.05, 0.1) is 11.3 Å². The largest absolute Gasteiger partial charge is 0.492 e. The maximum atomic E-state index is 12.1. The molecule has 4 nitrogen and oxygen atoms in total. The van der Waals surface area contributed by atoms with Crippen molar-refractivity contribution in [3.05, 3.63) is 47.5 Å². The zero-order valence-corrected chi connectivity index (χ0v) is 16.0. The molecule has 1 amide bonds.